The van der Waals surface area contributed by atoms with Crippen LogP contribution in [0.3, 0.4) is 0 Å². The Bertz CT molecular complexity index is 582. The Morgan fingerprint density at radius 3 is 2.45 bits per heavy atom. The van der Waals surface area contributed by atoms with Crippen LogP contribution < -0.4 is 16.2 Å². The first-order valence-corrected chi connectivity index (χ1v) is 6.48. The van der Waals surface area contributed by atoms with Crippen LogP contribution in [0.4, 0.5) is 5.69 Å². The Labute approximate surface area is 118 Å². The van der Waals surface area contributed by atoms with Gasteiger partial charge < -0.3 is 16.2 Å². The van der Waals surface area contributed by atoms with Gasteiger partial charge in [-0.25, -0.2) is 0 Å². The topological polar surface area (TPSA) is 78.3 Å². The van der Waals surface area contributed by atoms with Crippen molar-refractivity contribution in [3.63, 3.8) is 0 Å². The van der Waals surface area contributed by atoms with Crippen LogP contribution in [0.2, 0.25) is 0 Å². The van der Waals surface area contributed by atoms with Crippen molar-refractivity contribution < 1.29 is 9.53 Å². The van der Waals surface area contributed by atoms with Gasteiger partial charge in [0.05, 0.1) is 5.69 Å². The number of carbonyl (C=O) groups is 1. The molecule has 4 N–H and O–H groups in total. The summed E-state index contributed by atoms with van der Waals surface area (Å²) < 4.78 is 5.69. The van der Waals surface area contributed by atoms with Gasteiger partial charge in [-0.05, 0) is 29.7 Å². The second-order valence-electron chi connectivity index (χ2n) is 4.61. The molecule has 20 heavy (non-hydrogen) atoms. The molecule has 0 unspecified atom stereocenters. The van der Waals surface area contributed by atoms with Crippen molar-refractivity contribution in [1.82, 2.24) is 0 Å². The molecular formula is C16H18N2O2. The van der Waals surface area contributed by atoms with Gasteiger partial charge in [0.15, 0.2) is 0 Å². The van der Waals surface area contributed by atoms with E-state index in [-0.39, 0.29) is 5.91 Å². The Hall–Kier alpha value is -2.49. The smallest absolute Gasteiger partial charge is 0.217 e. The zero-order valence-corrected chi connectivity index (χ0v) is 11.2. The van der Waals surface area contributed by atoms with Crippen molar-refractivity contribution in [1.29, 1.82) is 0 Å². The highest BCUT2D eigenvalue weighted by molar-refractivity contribution is 5.74. The number of ether oxygens (including phenoxy) is 1. The highest BCUT2D eigenvalue weighted by Gasteiger charge is 2.04. The fourth-order valence-corrected chi connectivity index (χ4v) is 1.89. The lowest BCUT2D eigenvalue weighted by atomic mass is 10.1. The molecule has 0 aliphatic heterocycles. The van der Waals surface area contributed by atoms with E-state index in [2.05, 4.69) is 0 Å². The minimum atomic E-state index is -0.312. The van der Waals surface area contributed by atoms with Gasteiger partial charge in [-0.2, -0.15) is 0 Å². The zero-order chi connectivity index (χ0) is 14.4. The molecule has 0 saturated heterocycles. The number of benzene rings is 2. The van der Waals surface area contributed by atoms with E-state index in [1.807, 2.05) is 48.5 Å². The fraction of sp³-hybridized carbons (Fsp3) is 0.188. The molecule has 0 saturated carbocycles. The molecule has 0 spiro atoms. The molecular weight excluding hydrogens is 252 g/mol. The van der Waals surface area contributed by atoms with Crippen LogP contribution in [0.5, 0.6) is 5.75 Å². The number of hydrogen-bond acceptors (Lipinski definition) is 3. The number of aryl methyl sites for hydroxylation is 1. The Balaban J connectivity index is 1.97. The van der Waals surface area contributed by atoms with Crippen LogP contribution in [0.15, 0.2) is 48.5 Å². The molecule has 0 atom stereocenters. The predicted octanol–water partition coefficient (Wildman–Crippen LogP) is 2.27. The quantitative estimate of drug-likeness (QED) is 0.790. The molecule has 0 heterocycles. The third-order valence-electron chi connectivity index (χ3n) is 2.97. The average Bonchev–Trinajstić information content (AvgIpc) is 2.45. The number of rotatable bonds is 6. The van der Waals surface area contributed by atoms with Gasteiger partial charge in [0, 0.05) is 6.42 Å². The maximum absolute atomic E-state index is 10.8. The monoisotopic (exact) mass is 270 g/mol. The van der Waals surface area contributed by atoms with E-state index in [9.17, 15) is 4.79 Å². The van der Waals surface area contributed by atoms with Crippen LogP contribution in [0.25, 0.3) is 0 Å². The molecule has 0 bridgehead atoms. The number of nitrogens with two attached hydrogens (primary N) is 2. The van der Waals surface area contributed by atoms with Crippen LogP contribution in [0.1, 0.15) is 17.5 Å². The lowest BCUT2D eigenvalue weighted by molar-refractivity contribution is -0.117. The Morgan fingerprint density at radius 2 is 1.80 bits per heavy atom. The van der Waals surface area contributed by atoms with Crippen molar-refractivity contribution in [2.45, 2.75) is 19.4 Å². The molecule has 2 rings (SSSR count). The Morgan fingerprint density at radius 1 is 1.05 bits per heavy atom. The molecule has 0 fully saturated rings. The van der Waals surface area contributed by atoms with Gasteiger partial charge in [-0.3, -0.25) is 4.79 Å². The minimum Gasteiger partial charge on any atom is -0.487 e. The summed E-state index contributed by atoms with van der Waals surface area (Å²) in [5.41, 5.74) is 13.7. The van der Waals surface area contributed by atoms with Gasteiger partial charge in [-0.15, -0.1) is 0 Å². The van der Waals surface area contributed by atoms with Crippen molar-refractivity contribution >= 4 is 11.6 Å². The van der Waals surface area contributed by atoms with Crippen LogP contribution >= 0.6 is 0 Å². The van der Waals surface area contributed by atoms with E-state index in [1.165, 1.54) is 0 Å². The summed E-state index contributed by atoms with van der Waals surface area (Å²) in [6.07, 6.45) is 0.919. The highest BCUT2D eigenvalue weighted by Crippen LogP contribution is 2.24. The molecule has 2 aromatic rings. The van der Waals surface area contributed by atoms with Gasteiger partial charge in [-0.1, -0.05) is 36.4 Å². The summed E-state index contributed by atoms with van der Waals surface area (Å²) in [7, 11) is 0. The van der Waals surface area contributed by atoms with Gasteiger partial charge in [0.2, 0.25) is 5.91 Å². The molecule has 4 heteroatoms. The average molecular weight is 270 g/mol. The third-order valence-corrected chi connectivity index (χ3v) is 2.97. The second-order valence-corrected chi connectivity index (χ2v) is 4.61. The van der Waals surface area contributed by atoms with E-state index >= 15 is 0 Å². The summed E-state index contributed by atoms with van der Waals surface area (Å²) in [5.74, 6) is 0.338. The maximum atomic E-state index is 10.8. The second kappa shape index (κ2) is 6.61. The zero-order valence-electron chi connectivity index (χ0n) is 11.2. The number of carbonyl (C=O) groups excluding carboxylic acids is 1. The van der Waals surface area contributed by atoms with Gasteiger partial charge in [0.1, 0.15) is 12.4 Å². The first-order valence-electron chi connectivity index (χ1n) is 6.48. The van der Waals surface area contributed by atoms with Crippen molar-refractivity contribution in [2.24, 2.45) is 5.73 Å². The van der Waals surface area contributed by atoms with Crippen LogP contribution in [-0.2, 0) is 17.8 Å². The van der Waals surface area contributed by atoms with Gasteiger partial charge >= 0.3 is 0 Å². The fourth-order valence-electron chi connectivity index (χ4n) is 1.89. The van der Waals surface area contributed by atoms with E-state index in [0.29, 0.717) is 30.9 Å². The molecule has 2 aromatic carbocycles. The molecule has 4 nitrogen and oxygen atoms in total. The van der Waals surface area contributed by atoms with Crippen molar-refractivity contribution in [2.75, 3.05) is 5.73 Å². The standard InChI is InChI=1S/C16H18N2O2/c17-14-10-12(7-9-16(18)19)6-8-15(14)20-11-13-4-2-1-3-5-13/h1-6,8,10H,7,9,11,17H2,(H2,18,19). The minimum absolute atomic E-state index is 0.312. The predicted molar refractivity (Wildman–Crippen MR) is 79.1 cm³/mol. The molecule has 0 aromatic heterocycles. The summed E-state index contributed by atoms with van der Waals surface area (Å²) >= 11 is 0. The number of nitrogen functional groups attached to an aromatic ring is 1. The van der Waals surface area contributed by atoms with E-state index < -0.39 is 0 Å². The normalized spacial score (nSPS) is 10.2. The van der Waals surface area contributed by atoms with Crippen molar-refractivity contribution in [3.05, 3.63) is 59.7 Å². The number of anilines is 1. The maximum Gasteiger partial charge on any atom is 0.217 e. The first kappa shape index (κ1) is 13.9. The number of hydrogen-bond donors (Lipinski definition) is 2. The van der Waals surface area contributed by atoms with Crippen LogP contribution in [0, 0.1) is 0 Å². The molecule has 0 aliphatic rings. The Kier molecular flexibility index (Phi) is 4.60. The van der Waals surface area contributed by atoms with Gasteiger partial charge in [0.25, 0.3) is 0 Å². The van der Waals surface area contributed by atoms with Crippen LogP contribution in [-0.4, -0.2) is 5.91 Å². The first-order chi connectivity index (χ1) is 9.65. The van der Waals surface area contributed by atoms with E-state index in [1.54, 1.807) is 0 Å². The molecule has 0 radical (unpaired) electrons. The lowest BCUT2D eigenvalue weighted by Gasteiger charge is -2.10. The number of primary amides is 1. The lowest BCUT2D eigenvalue weighted by Crippen LogP contribution is -2.11. The molecule has 0 aliphatic carbocycles. The summed E-state index contributed by atoms with van der Waals surface area (Å²) in [6, 6.07) is 15.4. The third kappa shape index (κ3) is 4.02. The summed E-state index contributed by atoms with van der Waals surface area (Å²) in [4.78, 5) is 10.8. The van der Waals surface area contributed by atoms with E-state index in [0.717, 1.165) is 11.1 Å². The summed E-state index contributed by atoms with van der Waals surface area (Å²) in [5, 5.41) is 0. The highest BCUT2D eigenvalue weighted by atomic mass is 16.5. The molecule has 1 amide bonds. The summed E-state index contributed by atoms with van der Waals surface area (Å²) in [6.45, 7) is 0.478. The SMILES string of the molecule is NC(=O)CCc1ccc(OCc2ccccc2)c(N)c1. The molecule has 104 valence electrons. The largest absolute Gasteiger partial charge is 0.487 e. The van der Waals surface area contributed by atoms with Crippen molar-refractivity contribution in [3.8, 4) is 5.75 Å². The number of amides is 1. The van der Waals surface area contributed by atoms with E-state index in [4.69, 9.17) is 16.2 Å².